The Labute approximate surface area is 109 Å². The number of H-pyrrole nitrogens is 1. The van der Waals surface area contributed by atoms with E-state index in [0.717, 1.165) is 16.9 Å². The zero-order valence-corrected chi connectivity index (χ0v) is 12.2. The van der Waals surface area contributed by atoms with Gasteiger partial charge in [-0.3, -0.25) is 4.90 Å². The summed E-state index contributed by atoms with van der Waals surface area (Å²) in [6, 6.07) is 4.68. The Kier molecular flexibility index (Phi) is 3.44. The highest BCUT2D eigenvalue weighted by Crippen LogP contribution is 2.27. The maximum absolute atomic E-state index is 4.76. The molecule has 1 aromatic carbocycles. The Balaban J connectivity index is 2.52. The molecule has 0 saturated heterocycles. The molecule has 3 nitrogen and oxygen atoms in total. The van der Waals surface area contributed by atoms with Crippen LogP contribution in [-0.4, -0.2) is 29.0 Å². The highest BCUT2D eigenvalue weighted by Gasteiger charge is 2.21. The van der Waals surface area contributed by atoms with E-state index >= 15 is 0 Å². The Morgan fingerprint density at radius 3 is 2.28 bits per heavy atom. The van der Waals surface area contributed by atoms with Crippen molar-refractivity contribution in [2.24, 2.45) is 5.92 Å². The minimum atomic E-state index is 0.331. The highest BCUT2D eigenvalue weighted by atomic mass is 15.1. The summed E-state index contributed by atoms with van der Waals surface area (Å²) in [6.07, 6.45) is 0. The van der Waals surface area contributed by atoms with Crippen molar-refractivity contribution in [3.8, 4) is 0 Å². The molecular weight excluding hydrogens is 222 g/mol. The van der Waals surface area contributed by atoms with Crippen LogP contribution in [0.4, 0.5) is 0 Å². The summed E-state index contributed by atoms with van der Waals surface area (Å²) in [5.74, 6) is 1.60. The van der Waals surface area contributed by atoms with Crippen LogP contribution in [0, 0.1) is 19.8 Å². The predicted octanol–water partition coefficient (Wildman–Crippen LogP) is 3.44. The zero-order chi connectivity index (χ0) is 13.4. The van der Waals surface area contributed by atoms with Crippen molar-refractivity contribution in [3.05, 3.63) is 29.1 Å². The Morgan fingerprint density at radius 2 is 1.72 bits per heavy atom. The summed E-state index contributed by atoms with van der Waals surface area (Å²) in [7, 11) is 4.21. The number of hydrogen-bond donors (Lipinski definition) is 1. The molecule has 1 N–H and O–H groups in total. The van der Waals surface area contributed by atoms with Gasteiger partial charge in [0.25, 0.3) is 0 Å². The number of imidazole rings is 1. The number of rotatable bonds is 3. The zero-order valence-electron chi connectivity index (χ0n) is 12.2. The second kappa shape index (κ2) is 4.73. The van der Waals surface area contributed by atoms with Crippen molar-refractivity contribution in [1.29, 1.82) is 0 Å². The quantitative estimate of drug-likeness (QED) is 0.898. The summed E-state index contributed by atoms with van der Waals surface area (Å²) in [5.41, 5.74) is 4.82. The summed E-state index contributed by atoms with van der Waals surface area (Å²) in [4.78, 5) is 10.5. The minimum Gasteiger partial charge on any atom is -0.341 e. The smallest absolute Gasteiger partial charge is 0.124 e. The fraction of sp³-hybridized carbons (Fsp3) is 0.533. The summed E-state index contributed by atoms with van der Waals surface area (Å²) in [6.45, 7) is 8.73. The van der Waals surface area contributed by atoms with Crippen molar-refractivity contribution in [1.82, 2.24) is 14.9 Å². The molecule has 2 aromatic rings. The summed E-state index contributed by atoms with van der Waals surface area (Å²) >= 11 is 0. The van der Waals surface area contributed by atoms with Gasteiger partial charge in [-0.15, -0.1) is 0 Å². The minimum absolute atomic E-state index is 0.331. The first-order valence-corrected chi connectivity index (χ1v) is 6.53. The van der Waals surface area contributed by atoms with Crippen molar-refractivity contribution in [3.63, 3.8) is 0 Å². The maximum atomic E-state index is 4.76. The third kappa shape index (κ3) is 2.27. The van der Waals surface area contributed by atoms with Crippen LogP contribution in [0.15, 0.2) is 12.1 Å². The first-order chi connectivity index (χ1) is 8.40. The van der Waals surface area contributed by atoms with Crippen LogP contribution in [0.3, 0.4) is 0 Å². The van der Waals surface area contributed by atoms with E-state index in [2.05, 4.69) is 63.8 Å². The first kappa shape index (κ1) is 13.1. The SMILES string of the molecule is Cc1cc2nc(C(C(C)C)N(C)C)[nH]c2cc1C. The normalized spacial score (nSPS) is 13.8. The lowest BCUT2D eigenvalue weighted by molar-refractivity contribution is 0.226. The molecule has 1 unspecified atom stereocenters. The third-order valence-corrected chi connectivity index (χ3v) is 3.58. The van der Waals surface area contributed by atoms with Crippen LogP contribution in [0.1, 0.15) is 36.8 Å². The van der Waals surface area contributed by atoms with E-state index in [1.54, 1.807) is 0 Å². The average Bonchev–Trinajstić information content (AvgIpc) is 2.59. The van der Waals surface area contributed by atoms with Gasteiger partial charge in [0.2, 0.25) is 0 Å². The molecule has 0 aliphatic carbocycles. The van der Waals surface area contributed by atoms with E-state index in [1.165, 1.54) is 11.1 Å². The molecule has 0 bridgehead atoms. The molecular formula is C15H23N3. The molecule has 0 fully saturated rings. The van der Waals surface area contributed by atoms with E-state index in [0.29, 0.717) is 12.0 Å². The van der Waals surface area contributed by atoms with E-state index in [-0.39, 0.29) is 0 Å². The van der Waals surface area contributed by atoms with Gasteiger partial charge in [-0.1, -0.05) is 13.8 Å². The predicted molar refractivity (Wildman–Crippen MR) is 76.8 cm³/mol. The molecule has 18 heavy (non-hydrogen) atoms. The molecule has 0 saturated carbocycles. The van der Waals surface area contributed by atoms with Crippen LogP contribution in [0.2, 0.25) is 0 Å². The molecule has 0 radical (unpaired) electrons. The lowest BCUT2D eigenvalue weighted by Crippen LogP contribution is -2.25. The number of aromatic amines is 1. The second-order valence-electron chi connectivity index (χ2n) is 5.73. The summed E-state index contributed by atoms with van der Waals surface area (Å²) in [5, 5.41) is 0. The standard InChI is InChI=1S/C15H23N3/c1-9(2)14(18(5)6)15-16-12-7-10(3)11(4)8-13(12)17-15/h7-9,14H,1-6H3,(H,16,17). The number of fused-ring (bicyclic) bond motifs is 1. The van der Waals surface area contributed by atoms with Gasteiger partial charge in [-0.25, -0.2) is 4.98 Å². The third-order valence-electron chi connectivity index (χ3n) is 3.58. The highest BCUT2D eigenvalue weighted by molar-refractivity contribution is 5.77. The second-order valence-corrected chi connectivity index (χ2v) is 5.73. The van der Waals surface area contributed by atoms with Crippen molar-refractivity contribution in [2.75, 3.05) is 14.1 Å². The van der Waals surface area contributed by atoms with Gasteiger partial charge in [0.15, 0.2) is 0 Å². The molecule has 2 rings (SSSR count). The Bertz CT molecular complexity index is 505. The average molecular weight is 245 g/mol. The van der Waals surface area contributed by atoms with Gasteiger partial charge in [-0.2, -0.15) is 0 Å². The molecule has 1 atom stereocenters. The van der Waals surface area contributed by atoms with Crippen molar-refractivity contribution in [2.45, 2.75) is 33.7 Å². The van der Waals surface area contributed by atoms with Gasteiger partial charge in [-0.05, 0) is 57.1 Å². The molecule has 0 spiro atoms. The van der Waals surface area contributed by atoms with E-state index < -0.39 is 0 Å². The van der Waals surface area contributed by atoms with Gasteiger partial charge < -0.3 is 4.98 Å². The lowest BCUT2D eigenvalue weighted by atomic mass is 10.0. The lowest BCUT2D eigenvalue weighted by Gasteiger charge is -2.25. The number of aromatic nitrogens is 2. The van der Waals surface area contributed by atoms with Gasteiger partial charge in [0.1, 0.15) is 5.82 Å². The molecule has 1 aromatic heterocycles. The number of nitrogens with one attached hydrogen (secondary N) is 1. The van der Waals surface area contributed by atoms with Gasteiger partial charge in [0.05, 0.1) is 17.1 Å². The van der Waals surface area contributed by atoms with Crippen LogP contribution in [-0.2, 0) is 0 Å². The van der Waals surface area contributed by atoms with Crippen molar-refractivity contribution >= 4 is 11.0 Å². The largest absolute Gasteiger partial charge is 0.341 e. The molecule has 3 heteroatoms. The summed E-state index contributed by atoms with van der Waals surface area (Å²) < 4.78 is 0. The van der Waals surface area contributed by atoms with E-state index in [1.807, 2.05) is 0 Å². The number of aryl methyl sites for hydroxylation is 2. The van der Waals surface area contributed by atoms with E-state index in [4.69, 9.17) is 4.98 Å². The fourth-order valence-electron chi connectivity index (χ4n) is 2.59. The molecule has 0 aliphatic rings. The number of hydrogen-bond acceptors (Lipinski definition) is 2. The maximum Gasteiger partial charge on any atom is 0.124 e. The van der Waals surface area contributed by atoms with E-state index in [9.17, 15) is 0 Å². The van der Waals surface area contributed by atoms with Crippen molar-refractivity contribution < 1.29 is 0 Å². The molecule has 0 aliphatic heterocycles. The Morgan fingerprint density at radius 1 is 1.11 bits per heavy atom. The van der Waals surface area contributed by atoms with Crippen LogP contribution < -0.4 is 0 Å². The Hall–Kier alpha value is -1.35. The molecule has 98 valence electrons. The van der Waals surface area contributed by atoms with Crippen LogP contribution >= 0.6 is 0 Å². The van der Waals surface area contributed by atoms with Crippen LogP contribution in [0.25, 0.3) is 11.0 Å². The van der Waals surface area contributed by atoms with Crippen LogP contribution in [0.5, 0.6) is 0 Å². The topological polar surface area (TPSA) is 31.9 Å². The molecule has 1 heterocycles. The number of benzene rings is 1. The monoisotopic (exact) mass is 245 g/mol. The first-order valence-electron chi connectivity index (χ1n) is 6.53. The van der Waals surface area contributed by atoms with Gasteiger partial charge in [0, 0.05) is 0 Å². The van der Waals surface area contributed by atoms with Gasteiger partial charge >= 0.3 is 0 Å². The molecule has 0 amide bonds. The number of nitrogens with zero attached hydrogens (tertiary/aromatic N) is 2. The fourth-order valence-corrected chi connectivity index (χ4v) is 2.59.